The van der Waals surface area contributed by atoms with E-state index in [1.165, 1.54) is 27.8 Å². The maximum absolute atomic E-state index is 9.16. The Hall–Kier alpha value is -4.19. The van der Waals surface area contributed by atoms with E-state index in [2.05, 4.69) is 88.0 Å². The van der Waals surface area contributed by atoms with E-state index in [9.17, 15) is 0 Å². The van der Waals surface area contributed by atoms with Crippen molar-refractivity contribution in [3.63, 3.8) is 0 Å². The minimum atomic E-state index is -0.253. The molecule has 0 amide bonds. The topological polar surface area (TPSA) is 63.7 Å². The first-order valence-electron chi connectivity index (χ1n) is 11.8. The molecule has 1 aliphatic carbocycles. The second-order valence-electron chi connectivity index (χ2n) is 9.76. The summed E-state index contributed by atoms with van der Waals surface area (Å²) in [5.41, 5.74) is 10.2. The van der Waals surface area contributed by atoms with Gasteiger partial charge in [-0.15, -0.1) is 11.3 Å². The van der Waals surface area contributed by atoms with Gasteiger partial charge in [-0.3, -0.25) is 4.98 Å². The maximum atomic E-state index is 9.16. The number of rotatable bonds is 4. The Bertz CT molecular complexity index is 1570. The van der Waals surface area contributed by atoms with Crippen LogP contribution < -0.4 is 4.90 Å². The molecule has 0 unspecified atom stereocenters. The second-order valence-corrected chi connectivity index (χ2v) is 10.8. The number of fused-ring (bicyclic) bond motifs is 3. The van der Waals surface area contributed by atoms with E-state index in [-0.39, 0.29) is 11.0 Å². The van der Waals surface area contributed by atoms with Gasteiger partial charge >= 0.3 is 0 Å². The van der Waals surface area contributed by atoms with E-state index in [1.54, 1.807) is 17.4 Å². The molecule has 0 fully saturated rings. The summed E-state index contributed by atoms with van der Waals surface area (Å²) in [6.07, 6.45) is 3.61. The molecule has 1 aliphatic rings. The summed E-state index contributed by atoms with van der Waals surface area (Å²) in [5, 5.41) is 18.3. The first-order valence-corrected chi connectivity index (χ1v) is 12.7. The largest absolute Gasteiger partial charge is 0.309 e. The SMILES string of the molecule is Cc1cc(N(c2ccccc2)c2cnc3c(c2)C(C)(C)c2cc(C=C(C#N)C#N)sc2-3)cc(C)c1C. The second kappa shape index (κ2) is 8.79. The average molecular weight is 487 g/mol. The van der Waals surface area contributed by atoms with E-state index in [0.29, 0.717) is 0 Å². The molecular weight excluding hydrogens is 460 g/mol. The third-order valence-corrected chi connectivity index (χ3v) is 8.25. The highest BCUT2D eigenvalue weighted by Crippen LogP contribution is 2.53. The van der Waals surface area contributed by atoms with Gasteiger partial charge in [0.25, 0.3) is 0 Å². The van der Waals surface area contributed by atoms with E-state index in [4.69, 9.17) is 15.5 Å². The van der Waals surface area contributed by atoms with Crippen molar-refractivity contribution in [2.45, 2.75) is 40.0 Å². The molecule has 4 aromatic rings. The van der Waals surface area contributed by atoms with Gasteiger partial charge in [-0.25, -0.2) is 0 Å². The fourth-order valence-electron chi connectivity index (χ4n) is 4.90. The van der Waals surface area contributed by atoms with E-state index < -0.39 is 0 Å². The number of anilines is 3. The summed E-state index contributed by atoms with van der Waals surface area (Å²) in [7, 11) is 0. The summed E-state index contributed by atoms with van der Waals surface area (Å²) >= 11 is 1.58. The van der Waals surface area contributed by atoms with Gasteiger partial charge in [-0.1, -0.05) is 32.0 Å². The fourth-order valence-corrected chi connectivity index (χ4v) is 6.17. The highest BCUT2D eigenvalue weighted by Gasteiger charge is 2.39. The lowest BCUT2D eigenvalue weighted by atomic mass is 9.83. The molecule has 2 heterocycles. The monoisotopic (exact) mass is 486 g/mol. The van der Waals surface area contributed by atoms with Gasteiger partial charge in [0.15, 0.2) is 0 Å². The molecule has 2 aromatic carbocycles. The standard InChI is InChI=1S/C31H26N4S/c1-19-11-24(12-20(2)21(19)3)35(23-9-7-6-8-10-23)25-14-27-29(34-18-25)30-28(31(27,4)5)15-26(36-30)13-22(16-32)17-33/h6-15,18H,1-5H3. The van der Waals surface area contributed by atoms with Crippen molar-refractivity contribution in [2.75, 3.05) is 4.90 Å². The molecule has 36 heavy (non-hydrogen) atoms. The smallest absolute Gasteiger partial charge is 0.131 e. The van der Waals surface area contributed by atoms with Crippen LogP contribution in [-0.2, 0) is 5.41 Å². The minimum Gasteiger partial charge on any atom is -0.309 e. The van der Waals surface area contributed by atoms with Crippen molar-refractivity contribution in [2.24, 2.45) is 0 Å². The zero-order valence-electron chi connectivity index (χ0n) is 21.0. The van der Waals surface area contributed by atoms with Gasteiger partial charge in [0.05, 0.1) is 22.5 Å². The van der Waals surface area contributed by atoms with Crippen molar-refractivity contribution in [1.82, 2.24) is 4.98 Å². The number of allylic oxidation sites excluding steroid dienone is 1. The van der Waals surface area contributed by atoms with Crippen LogP contribution in [0.1, 0.15) is 46.5 Å². The number of aromatic nitrogens is 1. The van der Waals surface area contributed by atoms with Crippen molar-refractivity contribution < 1.29 is 0 Å². The summed E-state index contributed by atoms with van der Waals surface area (Å²) in [5.74, 6) is 0. The zero-order valence-corrected chi connectivity index (χ0v) is 21.9. The van der Waals surface area contributed by atoms with Gasteiger partial charge < -0.3 is 4.90 Å². The molecule has 176 valence electrons. The quantitative estimate of drug-likeness (QED) is 0.272. The summed E-state index contributed by atoms with van der Waals surface area (Å²) in [6, 6.07) is 23.1. The minimum absolute atomic E-state index is 0.110. The molecule has 0 atom stereocenters. The van der Waals surface area contributed by atoms with Crippen molar-refractivity contribution in [3.8, 4) is 22.7 Å². The van der Waals surface area contributed by atoms with Crippen LogP contribution in [0.5, 0.6) is 0 Å². The number of thiophene rings is 1. The molecule has 0 saturated carbocycles. The predicted octanol–water partition coefficient (Wildman–Crippen LogP) is 8.28. The van der Waals surface area contributed by atoms with Crippen LogP contribution in [0.15, 0.2) is 66.4 Å². The van der Waals surface area contributed by atoms with Crippen LogP contribution in [0.4, 0.5) is 17.1 Å². The van der Waals surface area contributed by atoms with Crippen LogP contribution in [0, 0.1) is 43.4 Å². The van der Waals surface area contributed by atoms with Gasteiger partial charge in [-0.05, 0) is 91.1 Å². The number of hydrogen-bond donors (Lipinski definition) is 0. The lowest BCUT2D eigenvalue weighted by Gasteiger charge is -2.28. The first kappa shape index (κ1) is 23.5. The molecule has 0 aliphatic heterocycles. The number of para-hydroxylation sites is 1. The van der Waals surface area contributed by atoms with Crippen LogP contribution in [0.25, 0.3) is 16.6 Å². The fraction of sp³-hybridized carbons (Fsp3) is 0.194. The van der Waals surface area contributed by atoms with Gasteiger partial charge in [-0.2, -0.15) is 10.5 Å². The predicted molar refractivity (Wildman–Crippen MR) is 148 cm³/mol. The number of hydrogen-bond acceptors (Lipinski definition) is 5. The summed E-state index contributed by atoms with van der Waals surface area (Å²) in [4.78, 5) is 9.26. The molecule has 0 bridgehead atoms. The summed E-state index contributed by atoms with van der Waals surface area (Å²) < 4.78 is 0. The highest BCUT2D eigenvalue weighted by molar-refractivity contribution is 7.16. The number of aryl methyl sites for hydroxylation is 2. The molecule has 0 N–H and O–H groups in total. The molecule has 5 heteroatoms. The van der Waals surface area contributed by atoms with E-state index in [0.717, 1.165) is 32.5 Å². The number of nitriles is 2. The molecule has 5 rings (SSSR count). The Morgan fingerprint density at radius 2 is 1.56 bits per heavy atom. The zero-order chi connectivity index (χ0) is 25.6. The van der Waals surface area contributed by atoms with Crippen LogP contribution in [0.3, 0.4) is 0 Å². The average Bonchev–Trinajstić information content (AvgIpc) is 3.38. The van der Waals surface area contributed by atoms with Crippen molar-refractivity contribution >= 4 is 34.5 Å². The normalized spacial score (nSPS) is 12.8. The number of benzene rings is 2. The van der Waals surface area contributed by atoms with Gasteiger partial charge in [0.2, 0.25) is 0 Å². The molecule has 2 aromatic heterocycles. The number of nitrogens with zero attached hydrogens (tertiary/aromatic N) is 4. The Kier molecular flexibility index (Phi) is 5.75. The Morgan fingerprint density at radius 1 is 0.889 bits per heavy atom. The van der Waals surface area contributed by atoms with E-state index in [1.807, 2.05) is 24.4 Å². The number of pyridine rings is 1. The first-order chi connectivity index (χ1) is 17.2. The maximum Gasteiger partial charge on any atom is 0.131 e. The molecule has 0 spiro atoms. The Labute approximate surface area is 216 Å². The lowest BCUT2D eigenvalue weighted by molar-refractivity contribution is 0.660. The Morgan fingerprint density at radius 3 is 2.19 bits per heavy atom. The van der Waals surface area contributed by atoms with Gasteiger partial charge in [0.1, 0.15) is 17.7 Å². The highest BCUT2D eigenvalue weighted by atomic mass is 32.1. The molecular formula is C31H26N4S. The van der Waals surface area contributed by atoms with Gasteiger partial charge in [0, 0.05) is 21.7 Å². The molecule has 0 radical (unpaired) electrons. The lowest BCUT2D eigenvalue weighted by Crippen LogP contribution is -2.17. The molecule has 0 saturated heterocycles. The third kappa shape index (κ3) is 3.79. The Balaban J connectivity index is 1.66. The third-order valence-electron chi connectivity index (χ3n) is 7.16. The van der Waals surface area contributed by atoms with Crippen LogP contribution in [0.2, 0.25) is 0 Å². The van der Waals surface area contributed by atoms with Crippen molar-refractivity contribution in [1.29, 1.82) is 10.5 Å². The van der Waals surface area contributed by atoms with E-state index >= 15 is 0 Å². The molecule has 4 nitrogen and oxygen atoms in total. The van der Waals surface area contributed by atoms with Crippen LogP contribution in [-0.4, -0.2) is 4.98 Å². The van der Waals surface area contributed by atoms with Crippen LogP contribution >= 0.6 is 11.3 Å². The van der Waals surface area contributed by atoms with Crippen molar-refractivity contribution in [3.05, 3.63) is 99.1 Å². The summed E-state index contributed by atoms with van der Waals surface area (Å²) in [6.45, 7) is 10.9.